The maximum atomic E-state index is 14.7. The predicted molar refractivity (Wildman–Crippen MR) is 364 cm³/mol. The van der Waals surface area contributed by atoms with E-state index in [4.69, 9.17) is 0 Å². The molecule has 32 heteroatoms. The lowest BCUT2D eigenvalue weighted by Gasteiger charge is -2.37. The highest BCUT2D eigenvalue weighted by Crippen LogP contribution is 2.21. The minimum atomic E-state index is -1.75. The predicted octanol–water partition coefficient (Wildman–Crippen LogP) is -3.56. The minimum absolute atomic E-state index is 0.126. The Bertz CT molecular complexity index is 2990. The first kappa shape index (κ1) is 86.7. The molecule has 99 heavy (non-hydrogen) atoms. The van der Waals surface area contributed by atoms with E-state index in [0.717, 1.165) is 29.4 Å². The zero-order valence-electron chi connectivity index (χ0n) is 61.4. The van der Waals surface area contributed by atoms with E-state index in [-0.39, 0.29) is 6.42 Å². The van der Waals surface area contributed by atoms with Crippen molar-refractivity contribution in [3.8, 4) is 0 Å². The van der Waals surface area contributed by atoms with Crippen molar-refractivity contribution in [1.29, 1.82) is 0 Å². The van der Waals surface area contributed by atoms with Crippen LogP contribution in [0.25, 0.3) is 0 Å². The second-order valence-corrected chi connectivity index (χ2v) is 27.4. The van der Waals surface area contributed by atoms with Gasteiger partial charge in [-0.2, -0.15) is 0 Å². The van der Waals surface area contributed by atoms with Crippen LogP contribution in [0.2, 0.25) is 0 Å². The Labute approximate surface area is 581 Å². The van der Waals surface area contributed by atoms with Crippen LogP contribution in [0.15, 0.2) is 30.3 Å². The standard InChI is InChI=1S/C67H112N14O18/c1-22-38(12)52-67(99)78(18)45(32-83)62(94)79(19)53(37(10)11)59(91)70-43(31-82)57(89)73-50(35(6)7)64(96)77(17)44(28-42-26-24-23-25-27-42)58(90)69-30-46(86)71-48(33(2)3)65(97)80(20)54(40(14)84)61(93)75-51(36(8)9)66(98)81(21)55(41(15)85)60(92)74-49(34(4)5)63(95)76(16)39(13)56(88)68-29-47(87)72-52/h23-27,33-41,43-45,48-55,82-85H,22,28-32H2,1-21H3,(H,68,88)(H,69,90)(H,70,91)(H,71,86)(H,72,87)(H,73,89)(H,74,92)(H,75,93)/t38-,39+,40+,41+,43-,44+,45-,48-,49-,50-,51-,52-,53-,54-,55-/m0/s1. The van der Waals surface area contributed by atoms with Crippen LogP contribution in [0, 0.1) is 35.5 Å². The number of carbonyl (C=O) groups excluding carboxylic acids is 14. The maximum absolute atomic E-state index is 14.7. The first-order valence-corrected chi connectivity index (χ1v) is 33.5. The Morgan fingerprint density at radius 1 is 0.394 bits per heavy atom. The molecule has 12 N–H and O–H groups in total. The highest BCUT2D eigenvalue weighted by Gasteiger charge is 2.45. The average molecular weight is 1400 g/mol. The van der Waals surface area contributed by atoms with Gasteiger partial charge in [-0.15, -0.1) is 0 Å². The van der Waals surface area contributed by atoms with E-state index >= 15 is 0 Å². The van der Waals surface area contributed by atoms with Crippen molar-refractivity contribution >= 4 is 82.7 Å². The Hall–Kier alpha value is -8.36. The van der Waals surface area contributed by atoms with Crippen LogP contribution in [-0.4, -0.2) is 286 Å². The molecule has 1 aromatic rings. The number of benzene rings is 1. The summed E-state index contributed by atoms with van der Waals surface area (Å²) in [4.78, 5) is 205. The maximum Gasteiger partial charge on any atom is 0.248 e. The molecule has 1 aliphatic heterocycles. The van der Waals surface area contributed by atoms with Gasteiger partial charge in [-0.05, 0) is 61.8 Å². The number of carbonyl (C=O) groups is 14. The fourth-order valence-electron chi connectivity index (χ4n) is 11.4. The zero-order chi connectivity index (χ0) is 76.1. The zero-order valence-corrected chi connectivity index (χ0v) is 61.4. The molecule has 15 atom stereocenters. The summed E-state index contributed by atoms with van der Waals surface area (Å²) in [5, 5.41) is 63.9. The molecule has 0 aromatic heterocycles. The van der Waals surface area contributed by atoms with E-state index in [1.807, 2.05) is 0 Å². The van der Waals surface area contributed by atoms with Crippen molar-refractivity contribution in [1.82, 2.24) is 71.9 Å². The van der Waals surface area contributed by atoms with Crippen LogP contribution in [0.4, 0.5) is 0 Å². The van der Waals surface area contributed by atoms with Gasteiger partial charge in [-0.25, -0.2) is 0 Å². The molecule has 0 spiro atoms. The average Bonchev–Trinajstić information content (AvgIpc) is 0.829. The molecular weight excluding hydrogens is 1290 g/mol. The summed E-state index contributed by atoms with van der Waals surface area (Å²) < 4.78 is 0. The van der Waals surface area contributed by atoms with E-state index in [1.165, 1.54) is 63.1 Å². The Morgan fingerprint density at radius 2 is 0.747 bits per heavy atom. The molecule has 0 saturated carbocycles. The molecule has 14 amide bonds. The summed E-state index contributed by atoms with van der Waals surface area (Å²) in [6, 6.07) is -9.58. The number of hydrogen-bond acceptors (Lipinski definition) is 18. The van der Waals surface area contributed by atoms with Gasteiger partial charge >= 0.3 is 0 Å². The number of nitrogens with one attached hydrogen (secondary N) is 8. The highest BCUT2D eigenvalue weighted by atomic mass is 16.3. The molecule has 1 saturated heterocycles. The van der Waals surface area contributed by atoms with Gasteiger partial charge in [-0.3, -0.25) is 67.1 Å². The van der Waals surface area contributed by atoms with E-state index < -0.39 is 229 Å². The van der Waals surface area contributed by atoms with E-state index in [2.05, 4.69) is 42.5 Å². The molecule has 2 rings (SSSR count). The third kappa shape index (κ3) is 23.4. The summed E-state index contributed by atoms with van der Waals surface area (Å²) >= 11 is 0. The first-order chi connectivity index (χ1) is 46.0. The fraction of sp³-hybridized carbons (Fsp3) is 0.701. The van der Waals surface area contributed by atoms with Crippen LogP contribution in [0.3, 0.4) is 0 Å². The smallest absolute Gasteiger partial charge is 0.248 e. The number of rotatable bonds is 13. The normalized spacial score (nSPS) is 27.3. The number of likely N-dealkylation sites (N-methyl/N-ethyl adjacent to an activating group) is 6. The van der Waals surface area contributed by atoms with Crippen molar-refractivity contribution in [2.45, 2.75) is 201 Å². The molecular formula is C67H112N14O18. The number of amides is 14. The molecule has 1 aromatic carbocycles. The summed E-state index contributed by atoms with van der Waals surface area (Å²) in [6.45, 7) is 19.4. The van der Waals surface area contributed by atoms with Gasteiger partial charge in [0, 0.05) is 48.7 Å². The van der Waals surface area contributed by atoms with Gasteiger partial charge in [0.1, 0.15) is 72.5 Å². The summed E-state index contributed by atoms with van der Waals surface area (Å²) in [5.41, 5.74) is 0.573. The SMILES string of the molecule is CC[C@H](C)[C@@H]1NC(=O)CNC(=O)[C@@H](C)N(C)C(=O)[C@H](C(C)C)NC(=O)[C@H]([C@@H](C)O)N(C)C(=O)[C@H](C(C)C)NC(=O)[C@H]([C@@H](C)O)N(C)C(=O)[C@H](C(C)C)NC(=O)CNC(=O)[C@@H](Cc2ccccc2)N(C)C(=O)[C@H](C(C)C)NC(=O)[C@H](CO)NC(=O)[C@H](C(C)C)N(C)C(=O)[C@H](CO)N(C)C1=O. The molecule has 1 fully saturated rings. The molecule has 1 heterocycles. The third-order valence-electron chi connectivity index (χ3n) is 18.0. The molecule has 0 aliphatic carbocycles. The van der Waals surface area contributed by atoms with E-state index in [0.29, 0.717) is 12.0 Å². The minimum Gasteiger partial charge on any atom is -0.394 e. The lowest BCUT2D eigenvalue weighted by molar-refractivity contribution is -0.152. The van der Waals surface area contributed by atoms with Crippen LogP contribution < -0.4 is 42.5 Å². The Balaban J connectivity index is 2.85. The van der Waals surface area contributed by atoms with E-state index in [1.54, 1.807) is 113 Å². The van der Waals surface area contributed by atoms with Crippen LogP contribution in [-0.2, 0) is 73.5 Å². The highest BCUT2D eigenvalue weighted by molar-refractivity contribution is 6.00. The second kappa shape index (κ2) is 39.4. The summed E-state index contributed by atoms with van der Waals surface area (Å²) in [7, 11) is 7.35. The summed E-state index contributed by atoms with van der Waals surface area (Å²) in [6.07, 6.45) is -3.06. The molecule has 0 radical (unpaired) electrons. The lowest BCUT2D eigenvalue weighted by atomic mass is 9.96. The van der Waals surface area contributed by atoms with Gasteiger partial charge in [0.2, 0.25) is 82.7 Å². The Morgan fingerprint density at radius 3 is 1.14 bits per heavy atom. The van der Waals surface area contributed by atoms with Crippen molar-refractivity contribution in [2.75, 3.05) is 68.6 Å². The number of aliphatic hydroxyl groups excluding tert-OH is 4. The second-order valence-electron chi connectivity index (χ2n) is 27.4. The first-order valence-electron chi connectivity index (χ1n) is 33.5. The number of nitrogens with zero attached hydrogens (tertiary/aromatic N) is 6. The van der Waals surface area contributed by atoms with Crippen LogP contribution in [0.1, 0.15) is 116 Å². The number of aliphatic hydroxyl groups is 4. The van der Waals surface area contributed by atoms with E-state index in [9.17, 15) is 87.5 Å². The molecule has 32 nitrogen and oxygen atoms in total. The van der Waals surface area contributed by atoms with Gasteiger partial charge in [0.05, 0.1) is 38.5 Å². The topological polar surface area (TPSA) is 436 Å². The molecule has 0 unspecified atom stereocenters. The summed E-state index contributed by atoms with van der Waals surface area (Å²) in [5.74, 6) is -17.0. The molecule has 1 aliphatic rings. The van der Waals surface area contributed by atoms with Crippen molar-refractivity contribution < 1.29 is 87.5 Å². The van der Waals surface area contributed by atoms with Crippen molar-refractivity contribution in [3.05, 3.63) is 35.9 Å². The van der Waals surface area contributed by atoms with Gasteiger partial charge < -0.3 is 92.4 Å². The van der Waals surface area contributed by atoms with Gasteiger partial charge in [-0.1, -0.05) is 120 Å². The molecule has 558 valence electrons. The third-order valence-corrected chi connectivity index (χ3v) is 18.0. The Kier molecular flexibility index (Phi) is 34.5. The monoisotopic (exact) mass is 1400 g/mol. The van der Waals surface area contributed by atoms with Crippen molar-refractivity contribution in [3.63, 3.8) is 0 Å². The molecule has 0 bridgehead atoms. The lowest BCUT2D eigenvalue weighted by Crippen LogP contribution is -2.64. The number of hydrogen-bond donors (Lipinski definition) is 12. The van der Waals surface area contributed by atoms with Gasteiger partial charge in [0.25, 0.3) is 0 Å². The largest absolute Gasteiger partial charge is 0.394 e. The fourth-order valence-corrected chi connectivity index (χ4v) is 11.4. The van der Waals surface area contributed by atoms with Crippen LogP contribution in [0.5, 0.6) is 0 Å². The van der Waals surface area contributed by atoms with Crippen molar-refractivity contribution in [2.24, 2.45) is 35.5 Å². The van der Waals surface area contributed by atoms with Gasteiger partial charge in [0.15, 0.2) is 0 Å². The quantitative estimate of drug-likeness (QED) is 0.0909. The van der Waals surface area contributed by atoms with Crippen LogP contribution >= 0.6 is 0 Å².